The molecule has 8 nitrogen and oxygen atoms in total. The minimum Gasteiger partial charge on any atom is -0.497 e. The van der Waals surface area contributed by atoms with Crippen LogP contribution in [-0.2, 0) is 14.6 Å². The Bertz CT molecular complexity index is 621. The molecule has 0 saturated carbocycles. The van der Waals surface area contributed by atoms with Crippen LogP contribution in [0.3, 0.4) is 0 Å². The van der Waals surface area contributed by atoms with Gasteiger partial charge < -0.3 is 20.0 Å². The first-order valence-corrected chi connectivity index (χ1v) is 8.38. The second-order valence-electron chi connectivity index (χ2n) is 5.28. The fourth-order valence-electron chi connectivity index (χ4n) is 2.56. The summed E-state index contributed by atoms with van der Waals surface area (Å²) in [6, 6.07) is 5.85. The topological polar surface area (TPSA) is 130 Å². The molecule has 1 aliphatic rings. The van der Waals surface area contributed by atoms with Gasteiger partial charge in [-0.15, -0.1) is 0 Å². The number of carbonyl (C=O) groups is 1. The van der Waals surface area contributed by atoms with E-state index in [-0.39, 0.29) is 17.7 Å². The molecule has 0 spiro atoms. The first-order valence-electron chi connectivity index (χ1n) is 6.90. The number of hydrogen-bond donors (Lipinski definition) is 3. The highest BCUT2D eigenvalue weighted by Crippen LogP contribution is 2.36. The van der Waals surface area contributed by atoms with E-state index in [2.05, 4.69) is 5.90 Å². The second-order valence-corrected chi connectivity index (χ2v) is 7.54. The van der Waals surface area contributed by atoms with Gasteiger partial charge in [-0.25, -0.2) is 14.3 Å². The van der Waals surface area contributed by atoms with Gasteiger partial charge in [0.15, 0.2) is 14.6 Å². The van der Waals surface area contributed by atoms with E-state index < -0.39 is 20.6 Å². The number of carboxylic acids is 1. The summed E-state index contributed by atoms with van der Waals surface area (Å²) in [6.45, 7) is 0.892. The minimum absolute atomic E-state index is 0.0234. The maximum absolute atomic E-state index is 12.8. The Morgan fingerprint density at radius 1 is 1.22 bits per heavy atom. The van der Waals surface area contributed by atoms with Crippen LogP contribution in [0.15, 0.2) is 29.2 Å². The fraction of sp³-hybridized carbons (Fsp3) is 0.500. The van der Waals surface area contributed by atoms with Crippen molar-refractivity contribution in [2.75, 3.05) is 27.2 Å². The molecule has 0 aliphatic carbocycles. The Hall–Kier alpha value is -1.68. The first-order chi connectivity index (χ1) is 10.8. The van der Waals surface area contributed by atoms with Crippen LogP contribution >= 0.6 is 0 Å². The van der Waals surface area contributed by atoms with Crippen molar-refractivity contribution in [2.45, 2.75) is 22.5 Å². The van der Waals surface area contributed by atoms with Crippen molar-refractivity contribution in [3.8, 4) is 5.75 Å². The average molecular weight is 346 g/mol. The molecule has 1 fully saturated rings. The van der Waals surface area contributed by atoms with Crippen molar-refractivity contribution in [1.29, 1.82) is 0 Å². The van der Waals surface area contributed by atoms with Crippen LogP contribution in [0.25, 0.3) is 0 Å². The zero-order valence-electron chi connectivity index (χ0n) is 13.1. The number of benzene rings is 1. The summed E-state index contributed by atoms with van der Waals surface area (Å²) >= 11 is 0. The predicted octanol–water partition coefficient (Wildman–Crippen LogP) is 0.352. The summed E-state index contributed by atoms with van der Waals surface area (Å²) in [5.41, 5.74) is 0. The Morgan fingerprint density at radius 2 is 1.70 bits per heavy atom. The number of piperidine rings is 1. The lowest BCUT2D eigenvalue weighted by atomic mass is 9.96. The van der Waals surface area contributed by atoms with Gasteiger partial charge in [0.25, 0.3) is 0 Å². The Kier molecular flexibility index (Phi) is 6.51. The number of rotatable bonds is 4. The molecule has 0 unspecified atom stereocenters. The second kappa shape index (κ2) is 7.73. The number of likely N-dealkylation sites (tertiary alicyclic amines) is 1. The summed E-state index contributed by atoms with van der Waals surface area (Å²) in [7, 11) is -0.615. The third kappa shape index (κ3) is 3.63. The number of ether oxygens (including phenoxy) is 1. The SMILES string of the molecule is COc1ccc(S(=O)(=O)C2(C(=O)O)CCN(C)CC2)cc1.NO. The molecule has 0 amide bonds. The average Bonchev–Trinajstić information content (AvgIpc) is 2.57. The number of aliphatic carboxylic acids is 1. The Morgan fingerprint density at radius 3 is 2.09 bits per heavy atom. The van der Waals surface area contributed by atoms with E-state index in [1.165, 1.54) is 31.4 Å². The smallest absolute Gasteiger partial charge is 0.325 e. The normalized spacial score (nSPS) is 17.7. The first kappa shape index (κ1) is 19.4. The lowest BCUT2D eigenvalue weighted by Gasteiger charge is -2.36. The molecule has 23 heavy (non-hydrogen) atoms. The van der Waals surface area contributed by atoms with Crippen molar-refractivity contribution in [3.63, 3.8) is 0 Å². The molecule has 1 aromatic rings. The van der Waals surface area contributed by atoms with Gasteiger partial charge in [0.1, 0.15) is 5.75 Å². The van der Waals surface area contributed by atoms with Gasteiger partial charge >= 0.3 is 5.97 Å². The highest BCUT2D eigenvalue weighted by atomic mass is 32.2. The summed E-state index contributed by atoms with van der Waals surface area (Å²) in [5.74, 6) is 2.76. The zero-order valence-corrected chi connectivity index (χ0v) is 13.9. The summed E-state index contributed by atoms with van der Waals surface area (Å²) in [4.78, 5) is 13.7. The summed E-state index contributed by atoms with van der Waals surface area (Å²) in [6.07, 6.45) is 0.181. The molecule has 1 saturated heterocycles. The van der Waals surface area contributed by atoms with E-state index in [1.54, 1.807) is 0 Å². The van der Waals surface area contributed by atoms with E-state index in [4.69, 9.17) is 9.94 Å². The van der Waals surface area contributed by atoms with Crippen molar-refractivity contribution in [3.05, 3.63) is 24.3 Å². The van der Waals surface area contributed by atoms with E-state index in [0.29, 0.717) is 18.8 Å². The molecule has 0 aromatic heterocycles. The van der Waals surface area contributed by atoms with Gasteiger partial charge in [0.2, 0.25) is 0 Å². The van der Waals surface area contributed by atoms with E-state index in [0.717, 1.165) is 0 Å². The van der Waals surface area contributed by atoms with Gasteiger partial charge in [-0.1, -0.05) is 0 Å². The number of hydrogen-bond acceptors (Lipinski definition) is 7. The Balaban J connectivity index is 0.00000127. The third-order valence-electron chi connectivity index (χ3n) is 4.07. The predicted molar refractivity (Wildman–Crippen MR) is 83.3 cm³/mol. The molecule has 0 radical (unpaired) electrons. The van der Waals surface area contributed by atoms with Gasteiger partial charge in [0, 0.05) is 0 Å². The lowest BCUT2D eigenvalue weighted by molar-refractivity contribution is -0.141. The van der Waals surface area contributed by atoms with Crippen molar-refractivity contribution in [1.82, 2.24) is 4.90 Å². The van der Waals surface area contributed by atoms with Gasteiger partial charge in [0.05, 0.1) is 12.0 Å². The van der Waals surface area contributed by atoms with Crippen LogP contribution in [0.4, 0.5) is 0 Å². The highest BCUT2D eigenvalue weighted by Gasteiger charge is 2.52. The molecule has 4 N–H and O–H groups in total. The summed E-state index contributed by atoms with van der Waals surface area (Å²) < 4.78 is 28.9. The number of nitrogens with two attached hydrogens (primary N) is 1. The van der Waals surface area contributed by atoms with Crippen LogP contribution in [-0.4, -0.2) is 61.6 Å². The van der Waals surface area contributed by atoms with Crippen LogP contribution in [0, 0.1) is 0 Å². The van der Waals surface area contributed by atoms with E-state index in [9.17, 15) is 18.3 Å². The van der Waals surface area contributed by atoms with Crippen molar-refractivity contribution < 1.29 is 28.3 Å². The molecule has 1 heterocycles. The monoisotopic (exact) mass is 346 g/mol. The highest BCUT2D eigenvalue weighted by molar-refractivity contribution is 7.93. The van der Waals surface area contributed by atoms with Crippen LogP contribution in [0.5, 0.6) is 5.75 Å². The molecule has 1 aromatic carbocycles. The fourth-order valence-corrected chi connectivity index (χ4v) is 4.45. The van der Waals surface area contributed by atoms with Crippen molar-refractivity contribution >= 4 is 15.8 Å². The van der Waals surface area contributed by atoms with Gasteiger partial charge in [-0.3, -0.25) is 4.79 Å². The maximum Gasteiger partial charge on any atom is 0.325 e. The molecule has 130 valence electrons. The van der Waals surface area contributed by atoms with E-state index >= 15 is 0 Å². The number of nitrogens with zero attached hydrogens (tertiary/aromatic N) is 1. The standard InChI is InChI=1S/C14H19NO5S.H3NO/c1-15-9-7-14(8-10-15,13(16)17)21(18,19)12-5-3-11(20-2)4-6-12;1-2/h3-6H,7-10H2,1-2H3,(H,16,17);2H,1H2. The molecule has 9 heteroatoms. The largest absolute Gasteiger partial charge is 0.497 e. The van der Waals surface area contributed by atoms with Gasteiger partial charge in [-0.2, -0.15) is 0 Å². The van der Waals surface area contributed by atoms with Crippen LogP contribution < -0.4 is 10.6 Å². The Labute approximate surface area is 135 Å². The quantitative estimate of drug-likeness (QED) is 0.666. The number of methoxy groups -OCH3 is 1. The molecule has 0 bridgehead atoms. The number of sulfone groups is 1. The van der Waals surface area contributed by atoms with Gasteiger partial charge in [-0.05, 0) is 57.2 Å². The zero-order chi connectivity index (χ0) is 17.7. The minimum atomic E-state index is -3.95. The third-order valence-corrected chi connectivity index (χ3v) is 6.57. The molecular weight excluding hydrogens is 324 g/mol. The van der Waals surface area contributed by atoms with Crippen LogP contribution in [0.2, 0.25) is 0 Å². The molecule has 2 rings (SSSR count). The van der Waals surface area contributed by atoms with Crippen LogP contribution in [0.1, 0.15) is 12.8 Å². The summed E-state index contributed by atoms with van der Waals surface area (Å²) in [5, 5.41) is 16.1. The molecule has 1 aliphatic heterocycles. The van der Waals surface area contributed by atoms with E-state index in [1.807, 2.05) is 11.9 Å². The molecular formula is C14H22N2O6S. The maximum atomic E-state index is 12.8. The lowest BCUT2D eigenvalue weighted by Crippen LogP contribution is -2.53. The molecule has 0 atom stereocenters. The number of carboxylic acid groups (broad SMARTS) is 1. The van der Waals surface area contributed by atoms with Crippen molar-refractivity contribution in [2.24, 2.45) is 5.90 Å².